The second kappa shape index (κ2) is 10.8. The fraction of sp³-hybridized carbons (Fsp3) is 0.125. The van der Waals surface area contributed by atoms with E-state index in [2.05, 4.69) is 38.8 Å². The number of rotatable bonds is 5. The Bertz CT molecular complexity index is 1030. The number of hydrogen-bond acceptors (Lipinski definition) is 5. The molecule has 0 amide bonds. The van der Waals surface area contributed by atoms with E-state index in [0.717, 1.165) is 11.6 Å². The van der Waals surface area contributed by atoms with Crippen LogP contribution in [0.25, 0.3) is 11.5 Å². The second-order valence-electron chi connectivity index (χ2n) is 5.54. The number of halogens is 3. The average molecular weight is 525 g/mol. The normalized spacial score (nSPS) is 12.6. The summed E-state index contributed by atoms with van der Waals surface area (Å²) in [6.07, 6.45) is 0. The Morgan fingerprint density at radius 2 is 1.76 bits per heavy atom. The molecule has 13 heteroatoms. The molecule has 6 nitrogen and oxygen atoms in total. The summed E-state index contributed by atoms with van der Waals surface area (Å²) in [6, 6.07) is 12.5. The van der Waals surface area contributed by atoms with Crippen molar-refractivity contribution in [2.24, 2.45) is 0 Å². The molecule has 2 N–H and O–H groups in total. The van der Waals surface area contributed by atoms with Crippen LogP contribution in [0.15, 0.2) is 57.4 Å². The molecule has 1 unspecified atom stereocenters. The van der Waals surface area contributed by atoms with E-state index in [1.165, 1.54) is 12.1 Å². The summed E-state index contributed by atoms with van der Waals surface area (Å²) in [5, 5.41) is 7.15. The van der Waals surface area contributed by atoms with Crippen LogP contribution in [0.4, 0.5) is 8.78 Å². The van der Waals surface area contributed by atoms with E-state index in [1.54, 1.807) is 12.1 Å². The van der Waals surface area contributed by atoms with Crippen LogP contribution in [0.3, 0.4) is 0 Å². The van der Waals surface area contributed by atoms with Gasteiger partial charge >= 0.3 is 72.4 Å². The summed E-state index contributed by atoms with van der Waals surface area (Å²) in [6.45, 7) is 0. The standard InChI is InChI=1S/C16H12BrF2N2O4PS.2Na.2H/c17-12-8-10(6-7-11(12)16(18,19)26(22,23)24)13(27)15-21-20-14(25-15)9-4-2-1-3-5-9;;;;/h1-8,13,27H,(H2,22,23,24);;;;/q;2*+1;2*-1. The van der Waals surface area contributed by atoms with E-state index in [4.69, 9.17) is 14.2 Å². The SMILES string of the molecule is O=P(O)(O)C(F)(F)c1ccc(C(S)c2nnc(-c3ccccc3)o2)cc1Br.[H-].[H-].[Na+].[Na+]. The van der Waals surface area contributed by atoms with Gasteiger partial charge < -0.3 is 17.1 Å². The van der Waals surface area contributed by atoms with Crippen LogP contribution in [0.1, 0.15) is 25.1 Å². The van der Waals surface area contributed by atoms with Crippen LogP contribution in [0, 0.1) is 0 Å². The Morgan fingerprint density at radius 1 is 1.14 bits per heavy atom. The average Bonchev–Trinajstić information content (AvgIpc) is 3.10. The molecule has 1 atom stereocenters. The first-order valence-electron chi connectivity index (χ1n) is 7.41. The molecule has 0 radical (unpaired) electrons. The smallest absolute Gasteiger partial charge is 1.00 e. The van der Waals surface area contributed by atoms with Crippen LogP contribution in [0.5, 0.6) is 0 Å². The third-order valence-electron chi connectivity index (χ3n) is 3.69. The second-order valence-corrected chi connectivity index (χ2v) is 8.56. The van der Waals surface area contributed by atoms with Gasteiger partial charge in [-0.3, -0.25) is 4.57 Å². The summed E-state index contributed by atoms with van der Waals surface area (Å²) in [7, 11) is -5.67. The Balaban J connectivity index is 0. The number of aromatic nitrogens is 2. The van der Waals surface area contributed by atoms with E-state index >= 15 is 0 Å². The van der Waals surface area contributed by atoms with E-state index in [9.17, 15) is 13.3 Å². The van der Waals surface area contributed by atoms with Gasteiger partial charge in [-0.15, -0.1) is 10.2 Å². The van der Waals surface area contributed by atoms with Crippen LogP contribution < -0.4 is 59.1 Å². The van der Waals surface area contributed by atoms with Crippen molar-refractivity contribution >= 4 is 36.2 Å². The van der Waals surface area contributed by atoms with Crippen LogP contribution >= 0.6 is 36.2 Å². The van der Waals surface area contributed by atoms with Crippen molar-refractivity contribution in [3.8, 4) is 11.5 Å². The molecule has 29 heavy (non-hydrogen) atoms. The molecule has 1 heterocycles. The summed E-state index contributed by atoms with van der Waals surface area (Å²) >= 11 is 7.32. The summed E-state index contributed by atoms with van der Waals surface area (Å²) < 4.78 is 44.3. The predicted molar refractivity (Wildman–Crippen MR) is 103 cm³/mol. The van der Waals surface area contributed by atoms with Crippen LogP contribution in [-0.4, -0.2) is 20.0 Å². The molecule has 0 fully saturated rings. The maximum atomic E-state index is 13.9. The molecule has 1 aromatic heterocycles. The van der Waals surface area contributed by atoms with Gasteiger partial charge in [0.15, 0.2) is 0 Å². The van der Waals surface area contributed by atoms with Gasteiger partial charge in [-0.05, 0) is 23.8 Å². The van der Waals surface area contributed by atoms with E-state index in [1.807, 2.05) is 18.2 Å². The van der Waals surface area contributed by atoms with Crippen LogP contribution in [-0.2, 0) is 10.2 Å². The molecule has 0 bridgehead atoms. The zero-order chi connectivity index (χ0) is 19.8. The van der Waals surface area contributed by atoms with Gasteiger partial charge in [0.2, 0.25) is 11.8 Å². The molecular formula is C16H14BrF2N2Na2O4PS. The van der Waals surface area contributed by atoms with Crippen molar-refractivity contribution in [2.75, 3.05) is 0 Å². The summed E-state index contributed by atoms with van der Waals surface area (Å²) in [5.41, 5.74) is -3.99. The van der Waals surface area contributed by atoms with Crippen molar-refractivity contribution in [1.29, 1.82) is 0 Å². The van der Waals surface area contributed by atoms with Crippen molar-refractivity contribution in [3.63, 3.8) is 0 Å². The molecule has 146 valence electrons. The Kier molecular flexibility index (Phi) is 10.3. The third-order valence-corrected chi connectivity index (χ3v) is 5.84. The van der Waals surface area contributed by atoms with Gasteiger partial charge in [0.05, 0.1) is 0 Å². The minimum Gasteiger partial charge on any atom is -1.00 e. The van der Waals surface area contributed by atoms with Crippen molar-refractivity contribution in [1.82, 2.24) is 10.2 Å². The fourth-order valence-electron chi connectivity index (χ4n) is 2.29. The summed E-state index contributed by atoms with van der Waals surface area (Å²) in [5.74, 6) is 0.437. The molecule has 2 aromatic carbocycles. The molecule has 3 rings (SSSR count). The maximum absolute atomic E-state index is 13.9. The molecule has 0 saturated carbocycles. The molecule has 0 saturated heterocycles. The van der Waals surface area contributed by atoms with E-state index in [0.29, 0.717) is 5.56 Å². The van der Waals surface area contributed by atoms with Gasteiger partial charge in [0, 0.05) is 15.6 Å². The minimum absolute atomic E-state index is 0. The first-order valence-corrected chi connectivity index (χ1v) is 10.3. The maximum Gasteiger partial charge on any atom is 1.00 e. The van der Waals surface area contributed by atoms with Gasteiger partial charge in [0.1, 0.15) is 5.25 Å². The number of alkyl halides is 2. The quantitative estimate of drug-likeness (QED) is 0.224. The Hall–Kier alpha value is 0.420. The molecule has 0 aliphatic rings. The first-order chi connectivity index (χ1) is 12.6. The molecule has 3 aromatic rings. The third kappa shape index (κ3) is 6.02. The Morgan fingerprint density at radius 3 is 2.31 bits per heavy atom. The van der Waals surface area contributed by atoms with Crippen molar-refractivity contribution in [2.45, 2.75) is 10.9 Å². The van der Waals surface area contributed by atoms with E-state index in [-0.39, 0.29) is 78.2 Å². The number of hydrogen-bond donors (Lipinski definition) is 3. The molecule has 0 spiro atoms. The fourth-order valence-corrected chi connectivity index (χ4v) is 3.86. The molecule has 0 aliphatic heterocycles. The molecular weight excluding hydrogens is 511 g/mol. The number of nitrogens with zero attached hydrogens (tertiary/aromatic N) is 2. The van der Waals surface area contributed by atoms with E-state index < -0.39 is 24.1 Å². The van der Waals surface area contributed by atoms with Crippen LogP contribution in [0.2, 0.25) is 0 Å². The van der Waals surface area contributed by atoms with Crippen molar-refractivity contribution < 1.29 is 89.5 Å². The number of thiol groups is 1. The minimum atomic E-state index is -5.67. The topological polar surface area (TPSA) is 96.5 Å². The monoisotopic (exact) mass is 524 g/mol. The first kappa shape index (κ1) is 27.5. The zero-order valence-electron chi connectivity index (χ0n) is 17.3. The predicted octanol–water partition coefficient (Wildman–Crippen LogP) is -1.02. The van der Waals surface area contributed by atoms with Gasteiger partial charge in [-0.25, -0.2) is 0 Å². The Labute approximate surface area is 226 Å². The van der Waals surface area contributed by atoms with Crippen molar-refractivity contribution in [3.05, 3.63) is 70.0 Å². The van der Waals surface area contributed by atoms with Gasteiger partial charge in [-0.2, -0.15) is 21.4 Å². The summed E-state index contributed by atoms with van der Waals surface area (Å²) in [4.78, 5) is 17.8. The largest absolute Gasteiger partial charge is 1.00 e. The zero-order valence-corrected chi connectivity index (χ0v) is 22.7. The number of benzene rings is 2. The van der Waals surface area contributed by atoms with Gasteiger partial charge in [0.25, 0.3) is 0 Å². The molecule has 0 aliphatic carbocycles. The van der Waals surface area contributed by atoms with Gasteiger partial charge in [-0.1, -0.05) is 46.3 Å².